The average molecular weight is 397 g/mol. The van der Waals surface area contributed by atoms with Crippen LogP contribution in [0.4, 0.5) is 13.9 Å². The second-order valence-electron chi connectivity index (χ2n) is 6.47. The molecule has 0 bridgehead atoms. The molecule has 2 aromatic carbocycles. The molecule has 0 spiro atoms. The number of nitrogens with zero attached hydrogens (tertiary/aromatic N) is 3. The molecule has 8 heteroatoms. The Kier molecular flexibility index (Phi) is 5.23. The first kappa shape index (κ1) is 18.4. The maximum absolute atomic E-state index is 13.3. The van der Waals surface area contributed by atoms with Crippen molar-refractivity contribution in [2.75, 3.05) is 11.9 Å². The van der Waals surface area contributed by atoms with Crippen LogP contribution >= 0.6 is 11.3 Å². The lowest BCUT2D eigenvalue weighted by atomic mass is 10.1. The fourth-order valence-corrected chi connectivity index (χ4v) is 3.70. The molecule has 0 aliphatic heterocycles. The summed E-state index contributed by atoms with van der Waals surface area (Å²) in [6, 6.07) is 11.1. The molecular formula is C20H17F2N5S. The smallest absolute Gasteiger partial charge is 0.206 e. The van der Waals surface area contributed by atoms with Crippen molar-refractivity contribution in [1.29, 1.82) is 0 Å². The molecule has 0 aliphatic rings. The van der Waals surface area contributed by atoms with Gasteiger partial charge in [0.05, 0.1) is 0 Å². The summed E-state index contributed by atoms with van der Waals surface area (Å²) in [5.74, 6) is -1.20. The second kappa shape index (κ2) is 7.95. The van der Waals surface area contributed by atoms with Crippen molar-refractivity contribution < 1.29 is 8.78 Å². The zero-order valence-corrected chi connectivity index (χ0v) is 15.6. The van der Waals surface area contributed by atoms with E-state index in [2.05, 4.69) is 20.5 Å². The number of hydrogen-bond donors (Lipinski definition) is 2. The Labute approximate surface area is 164 Å². The van der Waals surface area contributed by atoms with Crippen LogP contribution in [-0.2, 0) is 6.42 Å². The molecule has 0 fully saturated rings. The zero-order valence-electron chi connectivity index (χ0n) is 14.8. The van der Waals surface area contributed by atoms with E-state index in [0.29, 0.717) is 23.7 Å². The number of anilines is 1. The Morgan fingerprint density at radius 2 is 1.82 bits per heavy atom. The molecule has 4 aromatic rings. The van der Waals surface area contributed by atoms with Crippen LogP contribution in [0.2, 0.25) is 0 Å². The Morgan fingerprint density at radius 1 is 1.00 bits per heavy atom. The summed E-state index contributed by atoms with van der Waals surface area (Å²) in [6.07, 6.45) is 3.93. The van der Waals surface area contributed by atoms with E-state index in [0.717, 1.165) is 27.4 Å². The Hall–Kier alpha value is -2.97. The van der Waals surface area contributed by atoms with E-state index in [1.807, 2.05) is 30.5 Å². The average Bonchev–Trinajstić information content (AvgIpc) is 3.14. The molecule has 3 N–H and O–H groups in total. The SMILES string of the molecule is N[C@H](CNc1nnc(-c2ccc3cnccc3c2)s1)Cc1cc(F)cc(F)c1. The minimum atomic E-state index is -0.602. The molecule has 2 aromatic heterocycles. The third-order valence-electron chi connectivity index (χ3n) is 4.25. The van der Waals surface area contributed by atoms with Gasteiger partial charge in [-0.2, -0.15) is 0 Å². The molecule has 0 radical (unpaired) electrons. The highest BCUT2D eigenvalue weighted by molar-refractivity contribution is 7.18. The normalized spacial score (nSPS) is 12.2. The van der Waals surface area contributed by atoms with E-state index in [-0.39, 0.29) is 6.04 Å². The quantitative estimate of drug-likeness (QED) is 0.514. The minimum absolute atomic E-state index is 0.318. The maximum Gasteiger partial charge on any atom is 0.206 e. The molecular weight excluding hydrogens is 380 g/mol. The number of aromatic nitrogens is 3. The van der Waals surface area contributed by atoms with Gasteiger partial charge >= 0.3 is 0 Å². The highest BCUT2D eigenvalue weighted by atomic mass is 32.1. The lowest BCUT2D eigenvalue weighted by Crippen LogP contribution is -2.31. The number of hydrogen-bond acceptors (Lipinski definition) is 6. The fraction of sp³-hybridized carbons (Fsp3) is 0.150. The number of benzene rings is 2. The molecule has 0 amide bonds. The predicted octanol–water partition coefficient (Wildman–Crippen LogP) is 4.01. The molecule has 0 unspecified atom stereocenters. The Bertz CT molecular complexity index is 1090. The van der Waals surface area contributed by atoms with Crippen LogP contribution in [0, 0.1) is 11.6 Å². The second-order valence-corrected chi connectivity index (χ2v) is 7.45. The first-order valence-electron chi connectivity index (χ1n) is 8.69. The van der Waals surface area contributed by atoms with E-state index in [9.17, 15) is 8.78 Å². The van der Waals surface area contributed by atoms with Gasteiger partial charge < -0.3 is 11.1 Å². The van der Waals surface area contributed by atoms with Crippen LogP contribution < -0.4 is 11.1 Å². The number of fused-ring (bicyclic) bond motifs is 1. The summed E-state index contributed by atoms with van der Waals surface area (Å²) in [4.78, 5) is 4.11. The van der Waals surface area contributed by atoms with Gasteiger partial charge in [-0.3, -0.25) is 4.98 Å². The van der Waals surface area contributed by atoms with Crippen LogP contribution in [0.25, 0.3) is 21.3 Å². The van der Waals surface area contributed by atoms with Crippen LogP contribution in [-0.4, -0.2) is 27.8 Å². The number of pyridine rings is 1. The molecule has 1 atom stereocenters. The molecule has 0 aliphatic carbocycles. The summed E-state index contributed by atoms with van der Waals surface area (Å²) >= 11 is 1.42. The third-order valence-corrected chi connectivity index (χ3v) is 5.18. The van der Waals surface area contributed by atoms with E-state index in [1.54, 1.807) is 6.20 Å². The number of nitrogens with two attached hydrogens (primary N) is 1. The van der Waals surface area contributed by atoms with Gasteiger partial charge in [0.15, 0.2) is 0 Å². The van der Waals surface area contributed by atoms with Crippen molar-refractivity contribution in [1.82, 2.24) is 15.2 Å². The molecule has 0 saturated carbocycles. The van der Waals surface area contributed by atoms with Gasteiger partial charge in [-0.15, -0.1) is 10.2 Å². The molecule has 5 nitrogen and oxygen atoms in total. The van der Waals surface area contributed by atoms with Crippen molar-refractivity contribution in [3.63, 3.8) is 0 Å². The standard InChI is InChI=1S/C20H17F2N5S/c21-16-5-12(6-17(22)9-16)7-18(23)11-25-20-27-26-19(28-20)14-1-2-15-10-24-4-3-13(15)8-14/h1-6,8-10,18H,7,11,23H2,(H,25,27)/t18-/m0/s1. The van der Waals surface area contributed by atoms with Gasteiger partial charge in [0.2, 0.25) is 5.13 Å². The Balaban J connectivity index is 1.40. The zero-order chi connectivity index (χ0) is 19.5. The Morgan fingerprint density at radius 3 is 2.64 bits per heavy atom. The lowest BCUT2D eigenvalue weighted by Gasteiger charge is -2.12. The number of rotatable bonds is 6. The van der Waals surface area contributed by atoms with E-state index in [4.69, 9.17) is 5.73 Å². The van der Waals surface area contributed by atoms with Crippen LogP contribution in [0.3, 0.4) is 0 Å². The first-order chi connectivity index (χ1) is 13.6. The number of halogens is 2. The van der Waals surface area contributed by atoms with Gasteiger partial charge in [-0.05, 0) is 41.6 Å². The van der Waals surface area contributed by atoms with Crippen molar-refractivity contribution in [3.8, 4) is 10.6 Å². The van der Waals surface area contributed by atoms with Gasteiger partial charge in [-0.25, -0.2) is 8.78 Å². The molecule has 2 heterocycles. The van der Waals surface area contributed by atoms with E-state index >= 15 is 0 Å². The van der Waals surface area contributed by atoms with Gasteiger partial charge in [0, 0.05) is 42.0 Å². The van der Waals surface area contributed by atoms with Crippen molar-refractivity contribution in [2.45, 2.75) is 12.5 Å². The van der Waals surface area contributed by atoms with Crippen LogP contribution in [0.5, 0.6) is 0 Å². The van der Waals surface area contributed by atoms with Crippen molar-refractivity contribution in [2.24, 2.45) is 5.73 Å². The van der Waals surface area contributed by atoms with Gasteiger partial charge in [0.25, 0.3) is 0 Å². The summed E-state index contributed by atoms with van der Waals surface area (Å²) < 4.78 is 26.5. The van der Waals surface area contributed by atoms with Crippen LogP contribution in [0.15, 0.2) is 54.9 Å². The summed E-state index contributed by atoms with van der Waals surface area (Å²) in [6.45, 7) is 0.413. The topological polar surface area (TPSA) is 76.7 Å². The monoisotopic (exact) mass is 397 g/mol. The van der Waals surface area contributed by atoms with Crippen molar-refractivity contribution in [3.05, 3.63) is 72.1 Å². The largest absolute Gasteiger partial charge is 0.359 e. The lowest BCUT2D eigenvalue weighted by molar-refractivity contribution is 0.576. The molecule has 28 heavy (non-hydrogen) atoms. The highest BCUT2D eigenvalue weighted by Gasteiger charge is 2.10. The van der Waals surface area contributed by atoms with Crippen molar-refractivity contribution >= 4 is 27.2 Å². The minimum Gasteiger partial charge on any atom is -0.359 e. The summed E-state index contributed by atoms with van der Waals surface area (Å²) in [7, 11) is 0. The molecule has 4 rings (SSSR count). The van der Waals surface area contributed by atoms with Gasteiger partial charge in [-0.1, -0.05) is 23.5 Å². The molecule has 142 valence electrons. The summed E-state index contributed by atoms with van der Waals surface area (Å²) in [5.41, 5.74) is 7.58. The number of nitrogens with one attached hydrogen (secondary N) is 1. The third kappa shape index (κ3) is 4.29. The molecule has 0 saturated heterocycles. The van der Waals surface area contributed by atoms with Crippen LogP contribution in [0.1, 0.15) is 5.56 Å². The first-order valence-corrected chi connectivity index (χ1v) is 9.50. The predicted molar refractivity (Wildman–Crippen MR) is 107 cm³/mol. The summed E-state index contributed by atoms with van der Waals surface area (Å²) in [5, 5.41) is 15.1. The van der Waals surface area contributed by atoms with E-state index < -0.39 is 11.6 Å². The van der Waals surface area contributed by atoms with E-state index in [1.165, 1.54) is 23.5 Å². The van der Waals surface area contributed by atoms with Gasteiger partial charge in [0.1, 0.15) is 16.6 Å². The highest BCUT2D eigenvalue weighted by Crippen LogP contribution is 2.28. The maximum atomic E-state index is 13.3. The fourth-order valence-electron chi connectivity index (χ4n) is 2.95.